The van der Waals surface area contributed by atoms with Gasteiger partial charge in [0.1, 0.15) is 0 Å². The average molecular weight is 346 g/mol. The van der Waals surface area contributed by atoms with Crippen molar-refractivity contribution in [2.24, 2.45) is 34.0 Å². The predicted octanol–water partition coefficient (Wildman–Crippen LogP) is 5.70. The Morgan fingerprint density at radius 2 is 1.88 bits per heavy atom. The normalized spacial score (nSPS) is 52.1. The summed E-state index contributed by atoms with van der Waals surface area (Å²) in [6.07, 6.45) is 14.3. The van der Waals surface area contributed by atoms with Gasteiger partial charge in [-0.2, -0.15) is 0 Å². The van der Waals surface area contributed by atoms with E-state index < -0.39 is 0 Å². The topological polar surface area (TPSA) is 29.1 Å². The van der Waals surface area contributed by atoms with Crippen LogP contribution in [0, 0.1) is 34.0 Å². The van der Waals surface area contributed by atoms with Crippen molar-refractivity contribution in [3.8, 4) is 0 Å². The van der Waals surface area contributed by atoms with Crippen molar-refractivity contribution in [2.45, 2.75) is 104 Å². The van der Waals surface area contributed by atoms with Crippen molar-refractivity contribution in [1.82, 2.24) is 5.32 Å². The summed E-state index contributed by atoms with van der Waals surface area (Å²) in [5, 5.41) is 3.45. The van der Waals surface area contributed by atoms with Crippen LogP contribution in [0.15, 0.2) is 0 Å². The van der Waals surface area contributed by atoms with Crippen LogP contribution in [0.2, 0.25) is 0 Å². The molecule has 1 saturated heterocycles. The minimum absolute atomic E-state index is 0.306. The van der Waals surface area contributed by atoms with Gasteiger partial charge >= 0.3 is 0 Å². The van der Waals surface area contributed by atoms with E-state index in [0.29, 0.717) is 28.2 Å². The number of carbonyl (C=O) groups is 1. The van der Waals surface area contributed by atoms with Crippen LogP contribution in [0.4, 0.5) is 0 Å². The lowest BCUT2D eigenvalue weighted by Crippen LogP contribution is -2.65. The second-order valence-corrected chi connectivity index (χ2v) is 10.9. The fraction of sp³-hybridized carbons (Fsp3) is 0.957. The van der Waals surface area contributed by atoms with Crippen molar-refractivity contribution in [2.75, 3.05) is 0 Å². The molecule has 0 bridgehead atoms. The van der Waals surface area contributed by atoms with Gasteiger partial charge in [-0.05, 0) is 78.9 Å². The van der Waals surface area contributed by atoms with Crippen LogP contribution in [0.3, 0.4) is 0 Å². The molecule has 3 aliphatic carbocycles. The van der Waals surface area contributed by atoms with Gasteiger partial charge in [0.15, 0.2) is 0 Å². The third kappa shape index (κ3) is 2.60. The maximum atomic E-state index is 12.2. The summed E-state index contributed by atoms with van der Waals surface area (Å²) in [7, 11) is 0. The van der Waals surface area contributed by atoms with Gasteiger partial charge in [-0.15, -0.1) is 0 Å². The highest BCUT2D eigenvalue weighted by Gasteiger charge is 2.63. The Morgan fingerprint density at radius 1 is 1.08 bits per heavy atom. The molecule has 4 aliphatic rings. The molecule has 4 rings (SSSR count). The smallest absolute Gasteiger partial charge is 0.220 e. The lowest BCUT2D eigenvalue weighted by atomic mass is 9.41. The van der Waals surface area contributed by atoms with E-state index in [-0.39, 0.29) is 0 Å². The number of nitrogens with one attached hydrogen (secondary N) is 1. The molecule has 7 atom stereocenters. The molecular weight excluding hydrogens is 306 g/mol. The van der Waals surface area contributed by atoms with E-state index in [1.165, 1.54) is 57.8 Å². The third-order valence-electron chi connectivity index (χ3n) is 9.50. The fourth-order valence-electron chi connectivity index (χ4n) is 8.01. The molecule has 1 aliphatic heterocycles. The number of amides is 1. The second kappa shape index (κ2) is 5.99. The zero-order valence-electron chi connectivity index (χ0n) is 17.0. The third-order valence-corrected chi connectivity index (χ3v) is 9.50. The van der Waals surface area contributed by atoms with E-state index in [1.807, 2.05) is 0 Å². The van der Waals surface area contributed by atoms with Crippen molar-refractivity contribution in [3.63, 3.8) is 0 Å². The Bertz CT molecular complexity index is 544. The van der Waals surface area contributed by atoms with Gasteiger partial charge in [-0.1, -0.05) is 47.0 Å². The van der Waals surface area contributed by atoms with E-state index in [4.69, 9.17) is 0 Å². The molecule has 25 heavy (non-hydrogen) atoms. The zero-order chi connectivity index (χ0) is 17.9. The van der Waals surface area contributed by atoms with Crippen molar-refractivity contribution >= 4 is 5.91 Å². The summed E-state index contributed by atoms with van der Waals surface area (Å²) in [6, 6.07) is 0.419. The van der Waals surface area contributed by atoms with Crippen LogP contribution in [0.1, 0.15) is 98.3 Å². The molecule has 0 spiro atoms. The Hall–Kier alpha value is -0.530. The number of carbonyl (C=O) groups excluding carboxylic acids is 1. The molecule has 2 heteroatoms. The lowest BCUT2D eigenvalue weighted by Gasteiger charge is -2.65. The first-order chi connectivity index (χ1) is 11.8. The molecular formula is C23H39NO. The molecule has 0 radical (unpaired) electrons. The van der Waals surface area contributed by atoms with Crippen LogP contribution in [-0.4, -0.2) is 11.9 Å². The van der Waals surface area contributed by atoms with E-state index in [9.17, 15) is 4.79 Å². The molecule has 0 aromatic rings. The molecule has 0 unspecified atom stereocenters. The highest BCUT2D eigenvalue weighted by Crippen LogP contribution is 2.69. The minimum Gasteiger partial charge on any atom is -0.353 e. The van der Waals surface area contributed by atoms with Crippen LogP contribution in [0.25, 0.3) is 0 Å². The summed E-state index contributed by atoms with van der Waals surface area (Å²) in [6.45, 7) is 10.1. The maximum absolute atomic E-state index is 12.2. The number of piperidine rings is 1. The highest BCUT2D eigenvalue weighted by atomic mass is 16.1. The highest BCUT2D eigenvalue weighted by molar-refractivity contribution is 5.77. The van der Waals surface area contributed by atoms with Gasteiger partial charge in [-0.3, -0.25) is 4.79 Å². The molecule has 2 nitrogen and oxygen atoms in total. The standard InChI is InChI=1S/C23H39NO/c1-5-6-11-22(3)15-18-23(4,14-10-19(25)24-18)17-9-13-21(2)12-7-8-16(21)20(17)22/h16-18,20H,5-15H2,1-4H3,(H,24,25)/t16-,17-,18+,20-,21-,22-,23+/m0/s1. The molecule has 1 amide bonds. The maximum Gasteiger partial charge on any atom is 0.220 e. The summed E-state index contributed by atoms with van der Waals surface area (Å²) >= 11 is 0. The zero-order valence-corrected chi connectivity index (χ0v) is 17.0. The number of hydrogen-bond donors (Lipinski definition) is 1. The molecule has 0 aromatic heterocycles. The van der Waals surface area contributed by atoms with Crippen LogP contribution < -0.4 is 5.32 Å². The van der Waals surface area contributed by atoms with E-state index in [0.717, 1.165) is 30.6 Å². The molecule has 3 saturated carbocycles. The van der Waals surface area contributed by atoms with Crippen LogP contribution in [0.5, 0.6) is 0 Å². The Balaban J connectivity index is 1.73. The van der Waals surface area contributed by atoms with Gasteiger partial charge in [0, 0.05) is 12.5 Å². The summed E-state index contributed by atoms with van der Waals surface area (Å²) in [5.41, 5.74) is 1.37. The minimum atomic E-state index is 0.306. The van der Waals surface area contributed by atoms with Crippen molar-refractivity contribution < 1.29 is 4.79 Å². The first kappa shape index (κ1) is 17.9. The molecule has 1 heterocycles. The molecule has 0 aromatic carbocycles. The van der Waals surface area contributed by atoms with Gasteiger partial charge in [0.05, 0.1) is 0 Å². The van der Waals surface area contributed by atoms with E-state index in [1.54, 1.807) is 0 Å². The summed E-state index contributed by atoms with van der Waals surface area (Å²) in [4.78, 5) is 12.2. The van der Waals surface area contributed by atoms with Crippen molar-refractivity contribution in [1.29, 1.82) is 0 Å². The Labute approximate surface area is 154 Å². The molecule has 1 N–H and O–H groups in total. The van der Waals surface area contributed by atoms with Crippen molar-refractivity contribution in [3.05, 3.63) is 0 Å². The molecule has 142 valence electrons. The average Bonchev–Trinajstić information content (AvgIpc) is 2.96. The predicted molar refractivity (Wildman–Crippen MR) is 103 cm³/mol. The van der Waals surface area contributed by atoms with Gasteiger partial charge < -0.3 is 5.32 Å². The number of fused-ring (bicyclic) bond motifs is 5. The molecule has 4 fully saturated rings. The SMILES string of the molecule is CCCC[C@@]1(C)C[C@H]2NC(=O)CC[C@]2(C)[C@H]2CC[C@]3(C)CCC[C@H]3[C@@H]21. The second-order valence-electron chi connectivity index (χ2n) is 10.9. The fourth-order valence-corrected chi connectivity index (χ4v) is 8.01. The first-order valence-corrected chi connectivity index (χ1v) is 11.1. The first-order valence-electron chi connectivity index (χ1n) is 11.1. The van der Waals surface area contributed by atoms with Crippen LogP contribution in [-0.2, 0) is 4.79 Å². The monoisotopic (exact) mass is 345 g/mol. The van der Waals surface area contributed by atoms with E-state index in [2.05, 4.69) is 33.0 Å². The van der Waals surface area contributed by atoms with E-state index >= 15 is 0 Å². The van der Waals surface area contributed by atoms with Gasteiger partial charge in [0.25, 0.3) is 0 Å². The number of rotatable bonds is 3. The summed E-state index contributed by atoms with van der Waals surface area (Å²) < 4.78 is 0. The number of unbranched alkanes of at least 4 members (excludes halogenated alkanes) is 1. The quantitative estimate of drug-likeness (QED) is 0.698. The lowest BCUT2D eigenvalue weighted by molar-refractivity contribution is -0.162. The summed E-state index contributed by atoms with van der Waals surface area (Å²) in [5.74, 6) is 2.95. The number of hydrogen-bond acceptors (Lipinski definition) is 1. The Morgan fingerprint density at radius 3 is 2.64 bits per heavy atom. The van der Waals surface area contributed by atoms with Gasteiger partial charge in [0.2, 0.25) is 5.91 Å². The van der Waals surface area contributed by atoms with Gasteiger partial charge in [-0.25, -0.2) is 0 Å². The van der Waals surface area contributed by atoms with Crippen LogP contribution >= 0.6 is 0 Å². The largest absolute Gasteiger partial charge is 0.353 e. The Kier molecular flexibility index (Phi) is 4.28.